The molecule has 1 N–H and O–H groups in total. The summed E-state index contributed by atoms with van der Waals surface area (Å²) < 4.78 is 29.0. The van der Waals surface area contributed by atoms with Crippen LogP contribution < -0.4 is 10.2 Å². The van der Waals surface area contributed by atoms with E-state index in [0.717, 1.165) is 26.2 Å². The van der Waals surface area contributed by atoms with Crippen molar-refractivity contribution in [2.45, 2.75) is 13.0 Å². The molecule has 0 spiro atoms. The first-order valence-corrected chi connectivity index (χ1v) is 7.81. The second-order valence-electron chi connectivity index (χ2n) is 5.60. The maximum Gasteiger partial charge on any atom is 0.387 e. The minimum Gasteiger partial charge on any atom is -0.434 e. The van der Waals surface area contributed by atoms with E-state index in [0.29, 0.717) is 18.5 Å². The second kappa shape index (κ2) is 9.29. The summed E-state index contributed by atoms with van der Waals surface area (Å²) in [5.41, 5.74) is 2.78. The van der Waals surface area contributed by atoms with Gasteiger partial charge in [-0.25, -0.2) is 5.43 Å². The number of benzene rings is 1. The molecule has 24 heavy (non-hydrogen) atoms. The van der Waals surface area contributed by atoms with Gasteiger partial charge in [0.1, 0.15) is 5.75 Å². The summed E-state index contributed by atoms with van der Waals surface area (Å²) in [7, 11) is 2.08. The SMILES string of the molecule is CN1CCN(CCC(=O)NN=Cc2ccccc2OC(F)F)CC1. The standard InChI is InChI=1S/C16H22F2N4O2/c1-21-8-10-22(11-9-21)7-6-15(23)20-19-12-13-4-2-3-5-14(13)24-16(17)18/h2-5,12,16H,6-11H2,1H3,(H,20,23). The van der Waals surface area contributed by atoms with E-state index >= 15 is 0 Å². The largest absolute Gasteiger partial charge is 0.434 e. The van der Waals surface area contributed by atoms with E-state index in [-0.39, 0.29) is 11.7 Å². The predicted molar refractivity (Wildman–Crippen MR) is 87.4 cm³/mol. The van der Waals surface area contributed by atoms with Gasteiger partial charge in [0.05, 0.1) is 6.21 Å². The second-order valence-corrected chi connectivity index (χ2v) is 5.60. The third-order valence-corrected chi connectivity index (χ3v) is 3.78. The van der Waals surface area contributed by atoms with Gasteiger partial charge in [-0.15, -0.1) is 0 Å². The first-order chi connectivity index (χ1) is 11.5. The average Bonchev–Trinajstić information content (AvgIpc) is 2.55. The Hall–Kier alpha value is -2.06. The lowest BCUT2D eigenvalue weighted by Crippen LogP contribution is -2.45. The van der Waals surface area contributed by atoms with Crippen LogP contribution in [0.2, 0.25) is 0 Å². The number of alkyl halides is 2. The molecule has 0 bridgehead atoms. The molecule has 1 saturated heterocycles. The number of hydrogen-bond donors (Lipinski definition) is 1. The van der Waals surface area contributed by atoms with Gasteiger partial charge in [0.2, 0.25) is 5.91 Å². The molecule has 0 unspecified atom stereocenters. The summed E-state index contributed by atoms with van der Waals surface area (Å²) in [6.45, 7) is 1.68. The van der Waals surface area contributed by atoms with Gasteiger partial charge in [-0.1, -0.05) is 12.1 Å². The Kier molecular flexibility index (Phi) is 7.07. The highest BCUT2D eigenvalue weighted by molar-refractivity contribution is 5.85. The van der Waals surface area contributed by atoms with Crippen molar-refractivity contribution in [1.82, 2.24) is 15.2 Å². The maximum atomic E-state index is 12.3. The fraction of sp³-hybridized carbons (Fsp3) is 0.500. The number of hydrogen-bond acceptors (Lipinski definition) is 5. The Bertz CT molecular complexity index is 561. The van der Waals surface area contributed by atoms with E-state index in [4.69, 9.17) is 0 Å². The number of nitrogens with zero attached hydrogens (tertiary/aromatic N) is 3. The van der Waals surface area contributed by atoms with Gasteiger partial charge in [-0.05, 0) is 19.2 Å². The molecule has 1 aliphatic rings. The van der Waals surface area contributed by atoms with E-state index in [1.54, 1.807) is 18.2 Å². The Morgan fingerprint density at radius 3 is 2.75 bits per heavy atom. The monoisotopic (exact) mass is 340 g/mol. The molecule has 6 nitrogen and oxygen atoms in total. The van der Waals surface area contributed by atoms with Crippen LogP contribution in [0.3, 0.4) is 0 Å². The van der Waals surface area contributed by atoms with Crippen molar-refractivity contribution in [2.75, 3.05) is 39.8 Å². The molecule has 132 valence electrons. The number of para-hydroxylation sites is 1. The van der Waals surface area contributed by atoms with Crippen molar-refractivity contribution in [3.8, 4) is 5.75 Å². The Labute approximate surface area is 140 Å². The normalized spacial score (nSPS) is 16.7. The van der Waals surface area contributed by atoms with Gasteiger partial charge in [-0.2, -0.15) is 13.9 Å². The van der Waals surface area contributed by atoms with Crippen LogP contribution in [0.5, 0.6) is 5.75 Å². The molecule has 0 aromatic heterocycles. The minimum absolute atomic E-state index is 0.0166. The molecule has 1 fully saturated rings. The predicted octanol–water partition coefficient (Wildman–Crippen LogP) is 1.38. The fourth-order valence-corrected chi connectivity index (χ4v) is 2.35. The van der Waals surface area contributed by atoms with Gasteiger partial charge in [0.15, 0.2) is 0 Å². The molecular weight excluding hydrogens is 318 g/mol. The number of piperazine rings is 1. The smallest absolute Gasteiger partial charge is 0.387 e. The van der Waals surface area contributed by atoms with Crippen LogP contribution in [0, 0.1) is 0 Å². The number of halogens is 2. The number of hydrazone groups is 1. The highest BCUT2D eigenvalue weighted by Crippen LogP contribution is 2.18. The van der Waals surface area contributed by atoms with Gasteiger partial charge in [0, 0.05) is 44.7 Å². The van der Waals surface area contributed by atoms with Crippen LogP contribution in [0.15, 0.2) is 29.4 Å². The summed E-state index contributed by atoms with van der Waals surface area (Å²) in [5.74, 6) is -0.194. The number of ether oxygens (including phenoxy) is 1. The number of nitrogens with one attached hydrogen (secondary N) is 1. The highest BCUT2D eigenvalue weighted by atomic mass is 19.3. The number of rotatable bonds is 7. The Morgan fingerprint density at radius 2 is 2.04 bits per heavy atom. The first kappa shape index (κ1) is 18.3. The number of carbonyl (C=O) groups excluding carboxylic acids is 1. The third kappa shape index (κ3) is 6.21. The number of likely N-dealkylation sites (N-methyl/N-ethyl adjacent to an activating group) is 1. The van der Waals surface area contributed by atoms with Crippen molar-refractivity contribution < 1.29 is 18.3 Å². The van der Waals surface area contributed by atoms with Crippen LogP contribution in [-0.2, 0) is 4.79 Å². The third-order valence-electron chi connectivity index (χ3n) is 3.78. The lowest BCUT2D eigenvalue weighted by Gasteiger charge is -2.32. The molecular formula is C16H22F2N4O2. The number of amides is 1. The highest BCUT2D eigenvalue weighted by Gasteiger charge is 2.14. The molecule has 0 aliphatic carbocycles. The summed E-state index contributed by atoms with van der Waals surface area (Å²) in [5, 5.41) is 3.81. The maximum absolute atomic E-state index is 12.3. The fourth-order valence-electron chi connectivity index (χ4n) is 2.35. The molecule has 0 atom stereocenters. The van der Waals surface area contributed by atoms with E-state index in [1.807, 2.05) is 0 Å². The summed E-state index contributed by atoms with van der Waals surface area (Å²) >= 11 is 0. The summed E-state index contributed by atoms with van der Waals surface area (Å²) in [6.07, 6.45) is 1.64. The van der Waals surface area contributed by atoms with Crippen molar-refractivity contribution in [2.24, 2.45) is 5.10 Å². The summed E-state index contributed by atoms with van der Waals surface area (Å²) in [6, 6.07) is 6.26. The quantitative estimate of drug-likeness (QED) is 0.602. The molecule has 8 heteroatoms. The zero-order valence-electron chi connectivity index (χ0n) is 13.6. The first-order valence-electron chi connectivity index (χ1n) is 7.81. The molecule has 1 aliphatic heterocycles. The van der Waals surface area contributed by atoms with Gasteiger partial charge < -0.3 is 14.5 Å². The summed E-state index contributed by atoms with van der Waals surface area (Å²) in [4.78, 5) is 16.3. The van der Waals surface area contributed by atoms with Crippen LogP contribution in [0.4, 0.5) is 8.78 Å². The Balaban J connectivity index is 1.76. The van der Waals surface area contributed by atoms with Crippen molar-refractivity contribution in [3.63, 3.8) is 0 Å². The molecule has 0 radical (unpaired) electrons. The zero-order chi connectivity index (χ0) is 17.4. The average molecular weight is 340 g/mol. The van der Waals surface area contributed by atoms with Gasteiger partial charge in [-0.3, -0.25) is 4.79 Å². The van der Waals surface area contributed by atoms with Gasteiger partial charge in [0.25, 0.3) is 0 Å². The lowest BCUT2D eigenvalue weighted by molar-refractivity contribution is -0.121. The van der Waals surface area contributed by atoms with E-state index < -0.39 is 6.61 Å². The van der Waals surface area contributed by atoms with Gasteiger partial charge >= 0.3 is 6.61 Å². The topological polar surface area (TPSA) is 57.2 Å². The van der Waals surface area contributed by atoms with Crippen LogP contribution >= 0.6 is 0 Å². The van der Waals surface area contributed by atoms with Crippen molar-refractivity contribution in [1.29, 1.82) is 0 Å². The van der Waals surface area contributed by atoms with Crippen molar-refractivity contribution in [3.05, 3.63) is 29.8 Å². The minimum atomic E-state index is -2.90. The van der Waals surface area contributed by atoms with Crippen LogP contribution in [0.1, 0.15) is 12.0 Å². The van der Waals surface area contributed by atoms with E-state index in [9.17, 15) is 13.6 Å². The lowest BCUT2D eigenvalue weighted by atomic mass is 10.2. The molecule has 1 aromatic carbocycles. The van der Waals surface area contributed by atoms with Crippen molar-refractivity contribution >= 4 is 12.1 Å². The molecule has 1 amide bonds. The molecule has 0 saturated carbocycles. The molecule has 1 heterocycles. The molecule has 1 aromatic rings. The van der Waals surface area contributed by atoms with Crippen LogP contribution in [0.25, 0.3) is 0 Å². The van der Waals surface area contributed by atoms with E-state index in [2.05, 4.69) is 32.1 Å². The van der Waals surface area contributed by atoms with Crippen LogP contribution in [-0.4, -0.2) is 68.3 Å². The number of carbonyl (C=O) groups is 1. The zero-order valence-corrected chi connectivity index (χ0v) is 13.6. The molecule has 2 rings (SSSR count). The van der Waals surface area contributed by atoms with E-state index in [1.165, 1.54) is 12.3 Å². The Morgan fingerprint density at radius 1 is 1.33 bits per heavy atom.